The molecule has 1 aliphatic heterocycles. The lowest BCUT2D eigenvalue weighted by Gasteiger charge is -2.32. The molecule has 2 rings (SSSR count). The van der Waals surface area contributed by atoms with Gasteiger partial charge < -0.3 is 15.0 Å². The van der Waals surface area contributed by atoms with Crippen LogP contribution in [-0.4, -0.2) is 52.3 Å². The largest absolute Gasteiger partial charge is 0.444 e. The average molecular weight is 429 g/mol. The van der Waals surface area contributed by atoms with Gasteiger partial charge in [0, 0.05) is 19.6 Å². The highest BCUT2D eigenvalue weighted by Gasteiger charge is 2.28. The topological polar surface area (TPSA) is 87.3 Å². The average Bonchev–Trinajstić information content (AvgIpc) is 2.93. The Morgan fingerprint density at radius 2 is 1.96 bits per heavy atom. The van der Waals surface area contributed by atoms with E-state index in [1.807, 2.05) is 25.7 Å². The molecule has 7 nitrogen and oxygen atoms in total. The molecular weight excluding hydrogens is 400 g/mol. The third kappa shape index (κ3) is 5.46. The predicted molar refractivity (Wildman–Crippen MR) is 103 cm³/mol. The van der Waals surface area contributed by atoms with E-state index in [0.29, 0.717) is 31.2 Å². The second-order valence-electron chi connectivity index (χ2n) is 8.07. The first-order valence-corrected chi connectivity index (χ1v) is 9.87. The first-order chi connectivity index (χ1) is 12.1. The Morgan fingerprint density at radius 1 is 1.35 bits per heavy atom. The number of aromatic nitrogens is 2. The third-order valence-electron chi connectivity index (χ3n) is 4.35. The van der Waals surface area contributed by atoms with Gasteiger partial charge >= 0.3 is 6.09 Å². The van der Waals surface area contributed by atoms with Crippen LogP contribution in [0.25, 0.3) is 0 Å². The van der Waals surface area contributed by atoms with Crippen LogP contribution in [0.5, 0.6) is 0 Å². The van der Waals surface area contributed by atoms with Gasteiger partial charge in [-0.1, -0.05) is 13.8 Å². The number of aromatic amines is 1. The van der Waals surface area contributed by atoms with Gasteiger partial charge in [0.05, 0.1) is 10.2 Å². The fourth-order valence-electron chi connectivity index (χ4n) is 2.90. The molecule has 26 heavy (non-hydrogen) atoms. The van der Waals surface area contributed by atoms with Crippen LogP contribution in [-0.2, 0) is 4.74 Å². The molecule has 0 unspecified atom stereocenters. The van der Waals surface area contributed by atoms with Crippen LogP contribution in [0.2, 0.25) is 0 Å². The molecular formula is C18H29BrN4O3. The van der Waals surface area contributed by atoms with Crippen LogP contribution in [0.4, 0.5) is 4.79 Å². The zero-order valence-electron chi connectivity index (χ0n) is 16.2. The monoisotopic (exact) mass is 428 g/mol. The Kier molecular flexibility index (Phi) is 6.71. The van der Waals surface area contributed by atoms with Crippen molar-refractivity contribution < 1.29 is 14.3 Å². The summed E-state index contributed by atoms with van der Waals surface area (Å²) in [5.74, 6) is 0.557. The number of nitrogens with zero attached hydrogens (tertiary/aromatic N) is 2. The van der Waals surface area contributed by atoms with E-state index in [2.05, 4.69) is 45.3 Å². The molecule has 1 aliphatic rings. The van der Waals surface area contributed by atoms with Crippen LogP contribution in [0.3, 0.4) is 0 Å². The van der Waals surface area contributed by atoms with Gasteiger partial charge in [-0.2, -0.15) is 5.10 Å². The van der Waals surface area contributed by atoms with Crippen molar-refractivity contribution in [2.45, 2.75) is 59.0 Å². The number of hydrogen-bond donors (Lipinski definition) is 2. The van der Waals surface area contributed by atoms with E-state index in [9.17, 15) is 9.59 Å². The highest BCUT2D eigenvalue weighted by molar-refractivity contribution is 9.10. The molecule has 0 radical (unpaired) electrons. The molecule has 1 aromatic heterocycles. The standard InChI is InChI=1S/C18H29BrN4O3/c1-11(2)14-13(19)15(22-21-14)16(24)23-8-6-12(7-9-23)10-20-17(25)26-18(3,4)5/h11-12H,6-10H2,1-5H3,(H,20,25)(H,21,22). The molecule has 1 fully saturated rings. The second kappa shape index (κ2) is 8.41. The minimum atomic E-state index is -0.494. The van der Waals surface area contributed by atoms with E-state index in [4.69, 9.17) is 4.74 Å². The molecule has 1 aromatic rings. The molecule has 2 amide bonds. The number of amides is 2. The molecule has 0 aliphatic carbocycles. The van der Waals surface area contributed by atoms with Gasteiger partial charge in [0.2, 0.25) is 0 Å². The molecule has 0 saturated carbocycles. The van der Waals surface area contributed by atoms with Gasteiger partial charge in [-0.05, 0) is 61.4 Å². The number of likely N-dealkylation sites (tertiary alicyclic amines) is 1. The minimum absolute atomic E-state index is 0.0569. The molecule has 2 N–H and O–H groups in total. The number of carbonyl (C=O) groups excluding carboxylic acids is 2. The Labute approximate surface area is 163 Å². The van der Waals surface area contributed by atoms with Crippen LogP contribution in [0.1, 0.15) is 69.6 Å². The zero-order chi connectivity index (χ0) is 19.5. The normalized spacial score (nSPS) is 16.0. The number of hydrogen-bond acceptors (Lipinski definition) is 4. The van der Waals surface area contributed by atoms with Crippen LogP contribution < -0.4 is 5.32 Å². The maximum absolute atomic E-state index is 12.7. The van der Waals surface area contributed by atoms with Gasteiger partial charge in [-0.15, -0.1) is 0 Å². The Hall–Kier alpha value is -1.57. The van der Waals surface area contributed by atoms with Crippen LogP contribution in [0.15, 0.2) is 4.47 Å². The quantitative estimate of drug-likeness (QED) is 0.765. The summed E-state index contributed by atoms with van der Waals surface area (Å²) in [6, 6.07) is 0. The molecule has 0 atom stereocenters. The van der Waals surface area contributed by atoms with Crippen molar-refractivity contribution in [2.75, 3.05) is 19.6 Å². The van der Waals surface area contributed by atoms with Crippen molar-refractivity contribution in [3.63, 3.8) is 0 Å². The molecule has 146 valence electrons. The summed E-state index contributed by atoms with van der Waals surface area (Å²) in [5, 5.41) is 9.96. The number of rotatable bonds is 4. The molecule has 0 bridgehead atoms. The van der Waals surface area contributed by atoms with E-state index in [0.717, 1.165) is 23.0 Å². The maximum Gasteiger partial charge on any atom is 0.407 e. The number of ether oxygens (including phenoxy) is 1. The summed E-state index contributed by atoms with van der Waals surface area (Å²) in [6.45, 7) is 11.5. The molecule has 1 saturated heterocycles. The number of halogens is 1. The first-order valence-electron chi connectivity index (χ1n) is 9.08. The zero-order valence-corrected chi connectivity index (χ0v) is 17.8. The SMILES string of the molecule is CC(C)c1[nH]nc(C(=O)N2CCC(CNC(=O)OC(C)(C)C)CC2)c1Br. The lowest BCUT2D eigenvalue weighted by atomic mass is 9.96. The van der Waals surface area contributed by atoms with Crippen molar-refractivity contribution in [2.24, 2.45) is 5.92 Å². The van der Waals surface area contributed by atoms with Gasteiger partial charge in [-0.25, -0.2) is 4.79 Å². The lowest BCUT2D eigenvalue weighted by Crippen LogP contribution is -2.42. The maximum atomic E-state index is 12.7. The van der Waals surface area contributed by atoms with Crippen molar-refractivity contribution >= 4 is 27.9 Å². The molecule has 8 heteroatoms. The summed E-state index contributed by atoms with van der Waals surface area (Å²) >= 11 is 3.49. The summed E-state index contributed by atoms with van der Waals surface area (Å²) in [5.41, 5.74) is 0.884. The second-order valence-corrected chi connectivity index (χ2v) is 8.87. The van der Waals surface area contributed by atoms with E-state index in [-0.39, 0.29) is 11.8 Å². The number of H-pyrrole nitrogens is 1. The highest BCUT2D eigenvalue weighted by Crippen LogP contribution is 2.27. The summed E-state index contributed by atoms with van der Waals surface area (Å²) in [7, 11) is 0. The Balaban J connectivity index is 1.83. The third-order valence-corrected chi connectivity index (χ3v) is 5.15. The van der Waals surface area contributed by atoms with Gasteiger partial charge in [0.1, 0.15) is 5.60 Å². The number of nitrogens with one attached hydrogen (secondary N) is 2. The summed E-state index contributed by atoms with van der Waals surface area (Å²) < 4.78 is 6.00. The predicted octanol–water partition coefficient (Wildman–Crippen LogP) is 3.67. The highest BCUT2D eigenvalue weighted by atomic mass is 79.9. The van der Waals surface area contributed by atoms with Crippen LogP contribution in [0, 0.1) is 5.92 Å². The van der Waals surface area contributed by atoms with E-state index >= 15 is 0 Å². The van der Waals surface area contributed by atoms with E-state index in [1.54, 1.807) is 0 Å². The summed E-state index contributed by atoms with van der Waals surface area (Å²) in [6.07, 6.45) is 1.30. The summed E-state index contributed by atoms with van der Waals surface area (Å²) in [4.78, 5) is 26.3. The van der Waals surface area contributed by atoms with Crippen molar-refractivity contribution in [1.82, 2.24) is 20.4 Å². The van der Waals surface area contributed by atoms with Crippen molar-refractivity contribution in [3.8, 4) is 0 Å². The number of carbonyl (C=O) groups is 2. The van der Waals surface area contributed by atoms with E-state index in [1.165, 1.54) is 0 Å². The smallest absolute Gasteiger partial charge is 0.407 e. The fourth-order valence-corrected chi connectivity index (χ4v) is 3.70. The molecule has 0 spiro atoms. The van der Waals surface area contributed by atoms with Gasteiger partial charge in [-0.3, -0.25) is 9.89 Å². The van der Waals surface area contributed by atoms with E-state index < -0.39 is 11.7 Å². The number of alkyl carbamates (subject to hydrolysis) is 1. The Bertz CT molecular complexity index is 643. The lowest BCUT2D eigenvalue weighted by molar-refractivity contribution is 0.0499. The molecule has 2 heterocycles. The van der Waals surface area contributed by atoms with Crippen LogP contribution >= 0.6 is 15.9 Å². The number of piperidine rings is 1. The minimum Gasteiger partial charge on any atom is -0.444 e. The van der Waals surface area contributed by atoms with Crippen molar-refractivity contribution in [1.29, 1.82) is 0 Å². The van der Waals surface area contributed by atoms with Crippen molar-refractivity contribution in [3.05, 3.63) is 15.9 Å². The van der Waals surface area contributed by atoms with Gasteiger partial charge in [0.25, 0.3) is 5.91 Å². The first kappa shape index (κ1) is 20.7. The fraction of sp³-hybridized carbons (Fsp3) is 0.722. The molecule has 0 aromatic carbocycles. The Morgan fingerprint density at radius 3 is 2.46 bits per heavy atom. The van der Waals surface area contributed by atoms with Gasteiger partial charge in [0.15, 0.2) is 5.69 Å².